The third-order valence-electron chi connectivity index (χ3n) is 3.37. The Balaban J connectivity index is 1.86. The van der Waals surface area contributed by atoms with E-state index in [2.05, 4.69) is 20.5 Å². The van der Waals surface area contributed by atoms with Crippen LogP contribution in [0.15, 0.2) is 41.3 Å². The summed E-state index contributed by atoms with van der Waals surface area (Å²) in [5.41, 5.74) is 1.08. The van der Waals surface area contributed by atoms with Crippen LogP contribution in [0.5, 0.6) is 0 Å². The zero-order valence-corrected chi connectivity index (χ0v) is 12.2. The summed E-state index contributed by atoms with van der Waals surface area (Å²) in [5.74, 6) is 0.161. The van der Waals surface area contributed by atoms with Gasteiger partial charge >= 0.3 is 0 Å². The van der Waals surface area contributed by atoms with Crippen LogP contribution >= 0.6 is 0 Å². The summed E-state index contributed by atoms with van der Waals surface area (Å²) in [6, 6.07) is 8.37. The van der Waals surface area contributed by atoms with Gasteiger partial charge in [0.15, 0.2) is 11.5 Å². The molecule has 1 atom stereocenters. The number of hydrogen-bond donors (Lipinski definition) is 2. The maximum absolute atomic E-state index is 12.2. The highest BCUT2D eigenvalue weighted by molar-refractivity contribution is 5.94. The molecule has 3 heterocycles. The van der Waals surface area contributed by atoms with Gasteiger partial charge in [0.25, 0.3) is 11.5 Å². The van der Waals surface area contributed by atoms with Crippen molar-refractivity contribution in [1.29, 1.82) is 0 Å². The standard InChI is InChI=1S/C15H15N5O2/c1-9-6-7-11(14(21)16-9)15(22)17-10(2)13-19-18-12-5-3-4-8-20(12)13/h3-8,10H,1-2H3,(H,16,21)(H,17,22)/t10-/m0/s1. The summed E-state index contributed by atoms with van der Waals surface area (Å²) in [5, 5.41) is 10.9. The maximum atomic E-state index is 12.2. The summed E-state index contributed by atoms with van der Waals surface area (Å²) in [7, 11) is 0. The summed E-state index contributed by atoms with van der Waals surface area (Å²) in [6.07, 6.45) is 1.83. The van der Waals surface area contributed by atoms with Gasteiger partial charge in [-0.25, -0.2) is 0 Å². The molecular weight excluding hydrogens is 282 g/mol. The predicted molar refractivity (Wildman–Crippen MR) is 80.7 cm³/mol. The molecule has 0 aliphatic heterocycles. The van der Waals surface area contributed by atoms with Crippen molar-refractivity contribution in [3.8, 4) is 0 Å². The van der Waals surface area contributed by atoms with Crippen molar-refractivity contribution in [2.45, 2.75) is 19.9 Å². The van der Waals surface area contributed by atoms with Crippen molar-refractivity contribution in [2.75, 3.05) is 0 Å². The Morgan fingerprint density at radius 2 is 2.09 bits per heavy atom. The molecule has 0 aliphatic rings. The number of aromatic nitrogens is 4. The van der Waals surface area contributed by atoms with Crippen molar-refractivity contribution >= 4 is 11.6 Å². The van der Waals surface area contributed by atoms with Crippen LogP contribution in [0, 0.1) is 6.92 Å². The van der Waals surface area contributed by atoms with E-state index in [0.29, 0.717) is 17.2 Å². The molecule has 0 aliphatic carbocycles. The largest absolute Gasteiger partial charge is 0.342 e. The van der Waals surface area contributed by atoms with E-state index in [9.17, 15) is 9.59 Å². The lowest BCUT2D eigenvalue weighted by Gasteiger charge is -2.12. The number of nitrogens with zero attached hydrogens (tertiary/aromatic N) is 3. The highest BCUT2D eigenvalue weighted by Crippen LogP contribution is 2.12. The van der Waals surface area contributed by atoms with Gasteiger partial charge in [-0.05, 0) is 38.1 Å². The number of amides is 1. The molecule has 112 valence electrons. The van der Waals surface area contributed by atoms with Gasteiger partial charge < -0.3 is 10.3 Å². The molecule has 0 saturated heterocycles. The number of hydrogen-bond acceptors (Lipinski definition) is 4. The number of carbonyl (C=O) groups is 1. The zero-order valence-electron chi connectivity index (χ0n) is 12.2. The first-order valence-corrected chi connectivity index (χ1v) is 6.86. The first-order chi connectivity index (χ1) is 10.6. The van der Waals surface area contributed by atoms with Crippen LogP contribution in [0.1, 0.15) is 34.8 Å². The summed E-state index contributed by atoms with van der Waals surface area (Å²) < 4.78 is 1.80. The highest BCUT2D eigenvalue weighted by atomic mass is 16.2. The number of rotatable bonds is 3. The van der Waals surface area contributed by atoms with E-state index in [1.165, 1.54) is 6.07 Å². The second-order valence-corrected chi connectivity index (χ2v) is 5.07. The minimum Gasteiger partial charge on any atom is -0.342 e. The zero-order chi connectivity index (χ0) is 15.7. The summed E-state index contributed by atoms with van der Waals surface area (Å²) in [6.45, 7) is 3.55. The van der Waals surface area contributed by atoms with E-state index in [4.69, 9.17) is 0 Å². The molecule has 0 spiro atoms. The van der Waals surface area contributed by atoms with Gasteiger partial charge in [-0.15, -0.1) is 10.2 Å². The number of aromatic amines is 1. The van der Waals surface area contributed by atoms with Crippen molar-refractivity contribution in [3.05, 3.63) is 64.0 Å². The van der Waals surface area contributed by atoms with Crippen LogP contribution in [-0.2, 0) is 0 Å². The number of aryl methyl sites for hydroxylation is 1. The first-order valence-electron chi connectivity index (χ1n) is 6.86. The monoisotopic (exact) mass is 297 g/mol. The third kappa shape index (κ3) is 2.48. The fraction of sp³-hybridized carbons (Fsp3) is 0.200. The molecule has 0 fully saturated rings. The minimum absolute atomic E-state index is 0.0753. The number of nitrogens with one attached hydrogen (secondary N) is 2. The van der Waals surface area contributed by atoms with E-state index < -0.39 is 11.5 Å². The molecule has 3 aromatic heterocycles. The first kappa shape index (κ1) is 14.0. The van der Waals surface area contributed by atoms with Crippen LogP contribution in [-0.4, -0.2) is 25.5 Å². The Kier molecular flexibility index (Phi) is 3.46. The van der Waals surface area contributed by atoms with Gasteiger partial charge in [-0.2, -0.15) is 0 Å². The molecule has 7 nitrogen and oxygen atoms in total. The summed E-state index contributed by atoms with van der Waals surface area (Å²) in [4.78, 5) is 26.6. The Hall–Kier alpha value is -2.96. The number of pyridine rings is 2. The van der Waals surface area contributed by atoms with E-state index in [-0.39, 0.29) is 11.6 Å². The van der Waals surface area contributed by atoms with Gasteiger partial charge in [-0.3, -0.25) is 14.0 Å². The van der Waals surface area contributed by atoms with Gasteiger partial charge in [0, 0.05) is 11.9 Å². The second-order valence-electron chi connectivity index (χ2n) is 5.07. The van der Waals surface area contributed by atoms with Gasteiger partial charge in [-0.1, -0.05) is 6.07 Å². The quantitative estimate of drug-likeness (QED) is 0.760. The lowest BCUT2D eigenvalue weighted by molar-refractivity contribution is 0.0936. The fourth-order valence-corrected chi connectivity index (χ4v) is 2.25. The SMILES string of the molecule is Cc1ccc(C(=O)N[C@@H](C)c2nnc3ccccn23)c(=O)[nH]1. The van der Waals surface area contributed by atoms with Gasteiger partial charge in [0.2, 0.25) is 0 Å². The molecule has 0 aromatic carbocycles. The third-order valence-corrected chi connectivity index (χ3v) is 3.37. The average molecular weight is 297 g/mol. The minimum atomic E-state index is -0.443. The smallest absolute Gasteiger partial charge is 0.260 e. The van der Waals surface area contributed by atoms with E-state index >= 15 is 0 Å². The molecule has 7 heteroatoms. The molecule has 0 unspecified atom stereocenters. The molecule has 3 aromatic rings. The van der Waals surface area contributed by atoms with Gasteiger partial charge in [0.05, 0.1) is 6.04 Å². The Labute approximate surface area is 126 Å². The van der Waals surface area contributed by atoms with E-state index in [1.54, 1.807) is 24.3 Å². The Morgan fingerprint density at radius 1 is 1.27 bits per heavy atom. The molecule has 0 bridgehead atoms. The average Bonchev–Trinajstić information content (AvgIpc) is 2.91. The highest BCUT2D eigenvalue weighted by Gasteiger charge is 2.18. The van der Waals surface area contributed by atoms with Gasteiger partial charge in [0.1, 0.15) is 5.56 Å². The molecular formula is C15H15N5O2. The lowest BCUT2D eigenvalue weighted by Crippen LogP contribution is -2.32. The van der Waals surface area contributed by atoms with Crippen LogP contribution in [0.4, 0.5) is 0 Å². The molecule has 3 rings (SSSR count). The Morgan fingerprint density at radius 3 is 2.86 bits per heavy atom. The number of H-pyrrole nitrogens is 1. The molecule has 2 N–H and O–H groups in total. The Bertz CT molecular complexity index is 896. The molecule has 22 heavy (non-hydrogen) atoms. The van der Waals surface area contributed by atoms with Crippen LogP contribution in [0.2, 0.25) is 0 Å². The van der Waals surface area contributed by atoms with Crippen molar-refractivity contribution in [2.24, 2.45) is 0 Å². The topological polar surface area (TPSA) is 92.2 Å². The van der Waals surface area contributed by atoms with Crippen molar-refractivity contribution in [1.82, 2.24) is 24.9 Å². The van der Waals surface area contributed by atoms with E-state index in [0.717, 1.165) is 0 Å². The normalized spacial score (nSPS) is 12.3. The number of fused-ring (bicyclic) bond motifs is 1. The molecule has 0 saturated carbocycles. The van der Waals surface area contributed by atoms with Crippen LogP contribution in [0.25, 0.3) is 5.65 Å². The predicted octanol–water partition coefficient (Wildman–Crippen LogP) is 1.22. The van der Waals surface area contributed by atoms with Crippen LogP contribution < -0.4 is 10.9 Å². The molecule has 1 amide bonds. The maximum Gasteiger partial charge on any atom is 0.260 e. The lowest BCUT2D eigenvalue weighted by atomic mass is 10.2. The fourth-order valence-electron chi connectivity index (χ4n) is 2.25. The van der Waals surface area contributed by atoms with E-state index in [1.807, 2.05) is 24.4 Å². The van der Waals surface area contributed by atoms with Crippen molar-refractivity contribution in [3.63, 3.8) is 0 Å². The molecule has 0 radical (unpaired) electrons. The number of carbonyl (C=O) groups excluding carboxylic acids is 1. The van der Waals surface area contributed by atoms with Crippen LogP contribution in [0.3, 0.4) is 0 Å². The second kappa shape index (κ2) is 5.44. The van der Waals surface area contributed by atoms with Crippen molar-refractivity contribution < 1.29 is 4.79 Å². The summed E-state index contributed by atoms with van der Waals surface area (Å²) >= 11 is 0.